The maximum absolute atomic E-state index is 13.6. The number of anilines is 2. The number of nitrogens with zero attached hydrogens (tertiary/aromatic N) is 1. The van der Waals surface area contributed by atoms with E-state index in [1.807, 2.05) is 24.3 Å². The molecule has 2 aromatic rings. The molecule has 0 atom stereocenters. The number of hydrogen-bond donors (Lipinski definition) is 1. The first-order chi connectivity index (χ1) is 14.0. The minimum atomic E-state index is -0.694. The Labute approximate surface area is 168 Å². The summed E-state index contributed by atoms with van der Waals surface area (Å²) in [7, 11) is 1.37. The topological polar surface area (TPSA) is 67.9 Å². The van der Waals surface area contributed by atoms with Crippen LogP contribution in [-0.4, -0.2) is 38.7 Å². The van der Waals surface area contributed by atoms with E-state index in [4.69, 9.17) is 9.47 Å². The molecular weight excluding hydrogens is 375 g/mol. The number of methoxy groups -OCH3 is 1. The van der Waals surface area contributed by atoms with Crippen molar-refractivity contribution < 1.29 is 23.5 Å². The van der Waals surface area contributed by atoms with Crippen LogP contribution in [0.5, 0.6) is 5.75 Å². The second-order valence-corrected chi connectivity index (χ2v) is 6.62. The Kier molecular flexibility index (Phi) is 6.84. The molecule has 0 spiro atoms. The lowest BCUT2D eigenvalue weighted by Crippen LogP contribution is -2.20. The second kappa shape index (κ2) is 9.73. The summed E-state index contributed by atoms with van der Waals surface area (Å²) >= 11 is 0. The predicted octanol–water partition coefficient (Wildman–Crippen LogP) is 3.63. The molecule has 1 N–H and O–H groups in total. The number of hydrogen-bond acceptors (Lipinski definition) is 5. The van der Waals surface area contributed by atoms with Crippen molar-refractivity contribution in [3.05, 3.63) is 59.9 Å². The van der Waals surface area contributed by atoms with Crippen LogP contribution in [0.2, 0.25) is 0 Å². The molecule has 0 saturated carbocycles. The van der Waals surface area contributed by atoms with Crippen molar-refractivity contribution in [1.82, 2.24) is 0 Å². The fourth-order valence-electron chi connectivity index (χ4n) is 3.06. The lowest BCUT2D eigenvalue weighted by molar-refractivity contribution is -0.142. The van der Waals surface area contributed by atoms with Crippen LogP contribution in [0, 0.1) is 5.82 Å². The van der Waals surface area contributed by atoms with E-state index in [0.717, 1.165) is 24.9 Å². The fraction of sp³-hybridized carbons (Fsp3) is 0.273. The van der Waals surface area contributed by atoms with Gasteiger partial charge in [-0.05, 0) is 60.9 Å². The summed E-state index contributed by atoms with van der Waals surface area (Å²) < 4.78 is 23.4. The molecule has 152 valence electrons. The number of ether oxygens (including phenoxy) is 2. The molecule has 1 amide bonds. The zero-order valence-electron chi connectivity index (χ0n) is 16.2. The van der Waals surface area contributed by atoms with Crippen LogP contribution in [0.3, 0.4) is 0 Å². The predicted molar refractivity (Wildman–Crippen MR) is 109 cm³/mol. The Morgan fingerprint density at radius 3 is 2.52 bits per heavy atom. The smallest absolute Gasteiger partial charge is 0.331 e. The van der Waals surface area contributed by atoms with Crippen LogP contribution in [0.15, 0.2) is 48.5 Å². The third-order valence-electron chi connectivity index (χ3n) is 4.56. The van der Waals surface area contributed by atoms with Gasteiger partial charge in [-0.2, -0.15) is 0 Å². The van der Waals surface area contributed by atoms with Crippen molar-refractivity contribution in [3.8, 4) is 5.75 Å². The number of carbonyl (C=O) groups excluding carboxylic acids is 2. The van der Waals surface area contributed by atoms with Gasteiger partial charge in [-0.15, -0.1) is 0 Å². The molecule has 29 heavy (non-hydrogen) atoms. The van der Waals surface area contributed by atoms with Gasteiger partial charge in [0.25, 0.3) is 5.91 Å². The number of rotatable bonds is 7. The molecule has 0 bridgehead atoms. The Morgan fingerprint density at radius 1 is 1.14 bits per heavy atom. The van der Waals surface area contributed by atoms with Gasteiger partial charge in [0.15, 0.2) is 18.2 Å². The highest BCUT2D eigenvalue weighted by atomic mass is 19.1. The van der Waals surface area contributed by atoms with Crippen molar-refractivity contribution >= 4 is 29.3 Å². The zero-order chi connectivity index (χ0) is 20.6. The van der Waals surface area contributed by atoms with Crippen molar-refractivity contribution in [2.75, 3.05) is 37.0 Å². The fourth-order valence-corrected chi connectivity index (χ4v) is 3.06. The Balaban J connectivity index is 1.45. The summed E-state index contributed by atoms with van der Waals surface area (Å²) in [5, 5.41) is 2.69. The molecule has 1 aliphatic rings. The van der Waals surface area contributed by atoms with E-state index in [2.05, 4.69) is 10.2 Å². The molecular formula is C22H23FN2O4. The van der Waals surface area contributed by atoms with Gasteiger partial charge in [-0.1, -0.05) is 6.07 Å². The van der Waals surface area contributed by atoms with Crippen LogP contribution in [0.4, 0.5) is 15.8 Å². The van der Waals surface area contributed by atoms with E-state index < -0.39 is 24.3 Å². The van der Waals surface area contributed by atoms with Gasteiger partial charge < -0.3 is 19.7 Å². The number of esters is 1. The first kappa shape index (κ1) is 20.4. The van der Waals surface area contributed by atoms with E-state index in [1.165, 1.54) is 38.2 Å². The van der Waals surface area contributed by atoms with Crippen molar-refractivity contribution in [2.45, 2.75) is 12.8 Å². The van der Waals surface area contributed by atoms with Gasteiger partial charge in [-0.25, -0.2) is 9.18 Å². The van der Waals surface area contributed by atoms with E-state index in [1.54, 1.807) is 6.07 Å². The van der Waals surface area contributed by atoms with Gasteiger partial charge in [-0.3, -0.25) is 4.79 Å². The first-order valence-corrected chi connectivity index (χ1v) is 9.38. The van der Waals surface area contributed by atoms with Crippen LogP contribution in [0.1, 0.15) is 18.4 Å². The van der Waals surface area contributed by atoms with E-state index in [9.17, 15) is 14.0 Å². The summed E-state index contributed by atoms with van der Waals surface area (Å²) in [6, 6.07) is 11.9. The highest BCUT2D eigenvalue weighted by Gasteiger charge is 2.12. The first-order valence-electron chi connectivity index (χ1n) is 9.38. The Morgan fingerprint density at radius 2 is 1.86 bits per heavy atom. The van der Waals surface area contributed by atoms with Crippen LogP contribution in [0.25, 0.3) is 6.08 Å². The van der Waals surface area contributed by atoms with Gasteiger partial charge >= 0.3 is 5.97 Å². The maximum Gasteiger partial charge on any atom is 0.331 e. The summed E-state index contributed by atoms with van der Waals surface area (Å²) in [5.41, 5.74) is 2.24. The molecule has 1 saturated heterocycles. The number of carbonyl (C=O) groups is 2. The number of amides is 1. The molecule has 0 radical (unpaired) electrons. The normalized spacial score (nSPS) is 13.5. The molecule has 0 aliphatic carbocycles. The molecule has 6 nitrogen and oxygen atoms in total. The third kappa shape index (κ3) is 5.81. The molecule has 2 aromatic carbocycles. The molecule has 7 heteroatoms. The van der Waals surface area contributed by atoms with Gasteiger partial charge in [0, 0.05) is 30.5 Å². The number of halogens is 1. The van der Waals surface area contributed by atoms with Crippen molar-refractivity contribution in [2.24, 2.45) is 0 Å². The van der Waals surface area contributed by atoms with Crippen LogP contribution < -0.4 is 15.0 Å². The molecule has 0 unspecified atom stereocenters. The molecule has 0 aromatic heterocycles. The summed E-state index contributed by atoms with van der Waals surface area (Å²) in [6.45, 7) is 1.70. The Bertz CT molecular complexity index is 890. The standard InChI is InChI=1S/C22H23FN2O4/c1-28-20-10-4-16(14-19(20)23)5-11-22(27)29-15-21(26)24-17-6-8-18(9-7-17)25-12-2-3-13-25/h4-11,14H,2-3,12-13,15H2,1H3,(H,24,26)/b11-5+. The highest BCUT2D eigenvalue weighted by molar-refractivity contribution is 5.94. The summed E-state index contributed by atoms with van der Waals surface area (Å²) in [5.74, 6) is -1.54. The Hall–Kier alpha value is -3.35. The monoisotopic (exact) mass is 398 g/mol. The summed E-state index contributed by atoms with van der Waals surface area (Å²) in [6.07, 6.45) is 4.94. The van der Waals surface area contributed by atoms with Crippen molar-refractivity contribution in [1.29, 1.82) is 0 Å². The average molecular weight is 398 g/mol. The van der Waals surface area contributed by atoms with Crippen LogP contribution >= 0.6 is 0 Å². The van der Waals surface area contributed by atoms with E-state index >= 15 is 0 Å². The zero-order valence-corrected chi connectivity index (χ0v) is 16.2. The van der Waals surface area contributed by atoms with E-state index in [-0.39, 0.29) is 5.75 Å². The largest absolute Gasteiger partial charge is 0.494 e. The van der Waals surface area contributed by atoms with Gasteiger partial charge in [0.05, 0.1) is 7.11 Å². The van der Waals surface area contributed by atoms with Gasteiger partial charge in [0.1, 0.15) is 0 Å². The minimum Gasteiger partial charge on any atom is -0.494 e. The SMILES string of the molecule is COc1ccc(/C=C/C(=O)OCC(=O)Nc2ccc(N3CCCC3)cc2)cc1F. The lowest BCUT2D eigenvalue weighted by Gasteiger charge is -2.17. The number of nitrogens with one attached hydrogen (secondary N) is 1. The quantitative estimate of drug-likeness (QED) is 0.570. The molecule has 1 fully saturated rings. The summed E-state index contributed by atoms with van der Waals surface area (Å²) in [4.78, 5) is 26.0. The maximum atomic E-state index is 13.6. The van der Waals surface area contributed by atoms with Crippen molar-refractivity contribution in [3.63, 3.8) is 0 Å². The molecule has 3 rings (SSSR count). The molecule has 1 aliphatic heterocycles. The lowest BCUT2D eigenvalue weighted by atomic mass is 10.2. The minimum absolute atomic E-state index is 0.120. The van der Waals surface area contributed by atoms with Crippen LogP contribution in [-0.2, 0) is 14.3 Å². The highest BCUT2D eigenvalue weighted by Crippen LogP contribution is 2.22. The number of benzene rings is 2. The van der Waals surface area contributed by atoms with Gasteiger partial charge in [0.2, 0.25) is 0 Å². The van der Waals surface area contributed by atoms with E-state index in [0.29, 0.717) is 11.3 Å². The second-order valence-electron chi connectivity index (χ2n) is 6.62. The third-order valence-corrected chi connectivity index (χ3v) is 4.56. The molecule has 1 heterocycles. The average Bonchev–Trinajstić information content (AvgIpc) is 3.26.